The molecule has 2 aliphatic heterocycles. The van der Waals surface area contributed by atoms with Gasteiger partial charge >= 0.3 is 6.09 Å². The lowest BCUT2D eigenvalue weighted by molar-refractivity contribution is -0.129. The minimum absolute atomic E-state index is 0.193. The highest BCUT2D eigenvalue weighted by Crippen LogP contribution is 2.20. The fourth-order valence-electron chi connectivity index (χ4n) is 2.51. The summed E-state index contributed by atoms with van der Waals surface area (Å²) in [5.74, 6) is 0.751. The highest BCUT2D eigenvalue weighted by molar-refractivity contribution is 8.00. The van der Waals surface area contributed by atoms with Gasteiger partial charge in [-0.15, -0.1) is 11.8 Å². The van der Waals surface area contributed by atoms with E-state index in [1.54, 1.807) is 16.7 Å². The molecule has 0 aliphatic carbocycles. The van der Waals surface area contributed by atoms with E-state index in [9.17, 15) is 9.59 Å². The SMILES string of the molecule is COC(=O)N1CCN(C(=O)CSC2CCNCC2)CC1. The molecule has 0 spiro atoms. The summed E-state index contributed by atoms with van der Waals surface area (Å²) < 4.78 is 4.69. The Morgan fingerprint density at radius 1 is 1.15 bits per heavy atom. The molecule has 20 heavy (non-hydrogen) atoms. The van der Waals surface area contributed by atoms with Crippen molar-refractivity contribution >= 4 is 23.8 Å². The van der Waals surface area contributed by atoms with E-state index >= 15 is 0 Å². The fraction of sp³-hybridized carbons (Fsp3) is 0.846. The maximum Gasteiger partial charge on any atom is 0.409 e. The number of thioether (sulfide) groups is 1. The highest BCUT2D eigenvalue weighted by atomic mass is 32.2. The molecule has 2 heterocycles. The minimum atomic E-state index is -0.304. The summed E-state index contributed by atoms with van der Waals surface area (Å²) in [5.41, 5.74) is 0. The molecule has 0 aromatic carbocycles. The third-order valence-electron chi connectivity index (χ3n) is 3.79. The molecule has 2 rings (SSSR count). The molecule has 2 fully saturated rings. The van der Waals surface area contributed by atoms with Crippen LogP contribution in [0.1, 0.15) is 12.8 Å². The third kappa shape index (κ3) is 4.28. The van der Waals surface area contributed by atoms with E-state index in [-0.39, 0.29) is 12.0 Å². The lowest BCUT2D eigenvalue weighted by Gasteiger charge is -2.34. The number of hydrogen-bond acceptors (Lipinski definition) is 5. The van der Waals surface area contributed by atoms with Gasteiger partial charge in [0.1, 0.15) is 0 Å². The van der Waals surface area contributed by atoms with Gasteiger partial charge < -0.3 is 19.9 Å². The fourth-order valence-corrected chi connectivity index (χ4v) is 3.64. The first-order chi connectivity index (χ1) is 9.70. The average molecular weight is 301 g/mol. The Balaban J connectivity index is 1.67. The lowest BCUT2D eigenvalue weighted by atomic mass is 10.2. The van der Waals surface area contributed by atoms with Crippen molar-refractivity contribution in [2.45, 2.75) is 18.1 Å². The Labute approximate surface area is 124 Å². The maximum absolute atomic E-state index is 12.1. The van der Waals surface area contributed by atoms with Gasteiger partial charge in [-0.1, -0.05) is 0 Å². The first kappa shape index (κ1) is 15.4. The molecule has 0 unspecified atom stereocenters. The molecule has 0 aromatic heterocycles. The number of hydrogen-bond donors (Lipinski definition) is 1. The van der Waals surface area contributed by atoms with Gasteiger partial charge in [-0.25, -0.2) is 4.79 Å². The summed E-state index contributed by atoms with van der Waals surface area (Å²) in [6, 6.07) is 0. The van der Waals surface area contributed by atoms with Crippen molar-refractivity contribution in [3.8, 4) is 0 Å². The molecule has 7 heteroatoms. The van der Waals surface area contributed by atoms with E-state index in [0.29, 0.717) is 37.2 Å². The summed E-state index contributed by atoms with van der Waals surface area (Å²) in [6.45, 7) is 4.47. The van der Waals surface area contributed by atoms with Crippen molar-refractivity contribution in [3.63, 3.8) is 0 Å². The van der Waals surface area contributed by atoms with Crippen molar-refractivity contribution in [1.29, 1.82) is 0 Å². The molecule has 6 nitrogen and oxygen atoms in total. The van der Waals surface area contributed by atoms with Crippen LogP contribution in [0.25, 0.3) is 0 Å². The van der Waals surface area contributed by atoms with E-state index < -0.39 is 0 Å². The number of ether oxygens (including phenoxy) is 1. The molecule has 2 amide bonds. The number of piperazine rings is 1. The minimum Gasteiger partial charge on any atom is -0.453 e. The van der Waals surface area contributed by atoms with E-state index in [2.05, 4.69) is 10.1 Å². The van der Waals surface area contributed by atoms with Crippen LogP contribution in [0.3, 0.4) is 0 Å². The predicted molar refractivity (Wildman–Crippen MR) is 78.9 cm³/mol. The largest absolute Gasteiger partial charge is 0.453 e. The quantitative estimate of drug-likeness (QED) is 0.817. The molecule has 1 N–H and O–H groups in total. The van der Waals surface area contributed by atoms with Gasteiger partial charge in [0.25, 0.3) is 0 Å². The first-order valence-electron chi connectivity index (χ1n) is 7.13. The van der Waals surface area contributed by atoms with Crippen molar-refractivity contribution in [1.82, 2.24) is 15.1 Å². The third-order valence-corrected chi connectivity index (χ3v) is 5.15. The lowest BCUT2D eigenvalue weighted by Crippen LogP contribution is -2.51. The summed E-state index contributed by atoms with van der Waals surface area (Å²) in [6.07, 6.45) is 1.99. The summed E-state index contributed by atoms with van der Waals surface area (Å²) in [5, 5.41) is 3.94. The number of methoxy groups -OCH3 is 1. The number of carbonyl (C=O) groups excluding carboxylic acids is 2. The topological polar surface area (TPSA) is 61.9 Å². The van der Waals surface area contributed by atoms with Gasteiger partial charge in [0.05, 0.1) is 12.9 Å². The number of nitrogens with one attached hydrogen (secondary N) is 1. The van der Waals surface area contributed by atoms with E-state index in [0.717, 1.165) is 25.9 Å². The average Bonchev–Trinajstić information content (AvgIpc) is 2.53. The Morgan fingerprint density at radius 3 is 2.35 bits per heavy atom. The molecule has 2 aliphatic rings. The summed E-state index contributed by atoms with van der Waals surface area (Å²) >= 11 is 1.77. The van der Waals surface area contributed by atoms with Gasteiger partial charge in [0.2, 0.25) is 5.91 Å². The molecule has 0 aromatic rings. The van der Waals surface area contributed by atoms with Crippen LogP contribution in [-0.4, -0.2) is 79.2 Å². The number of rotatable bonds is 3. The molecule has 0 saturated carbocycles. The second kappa shape index (κ2) is 7.73. The standard InChI is InChI=1S/C13H23N3O3S/c1-19-13(18)16-8-6-15(7-9-16)12(17)10-20-11-2-4-14-5-3-11/h11,14H,2-10H2,1H3. The zero-order valence-corrected chi connectivity index (χ0v) is 12.8. The Kier molecular flexibility index (Phi) is 5.97. The molecule has 114 valence electrons. The van der Waals surface area contributed by atoms with Gasteiger partial charge in [-0.3, -0.25) is 4.79 Å². The monoisotopic (exact) mass is 301 g/mol. The van der Waals surface area contributed by atoms with Crippen molar-refractivity contribution in [2.24, 2.45) is 0 Å². The van der Waals surface area contributed by atoms with Gasteiger partial charge in [0, 0.05) is 31.4 Å². The second-order valence-corrected chi connectivity index (χ2v) is 6.39. The zero-order valence-electron chi connectivity index (χ0n) is 12.0. The smallest absolute Gasteiger partial charge is 0.409 e. The number of amides is 2. The normalized spacial score (nSPS) is 20.9. The van der Waals surface area contributed by atoms with Crippen LogP contribution in [0.4, 0.5) is 4.79 Å². The van der Waals surface area contributed by atoms with Crippen LogP contribution < -0.4 is 5.32 Å². The Morgan fingerprint density at radius 2 is 1.75 bits per heavy atom. The van der Waals surface area contributed by atoms with Crippen LogP contribution in [0.2, 0.25) is 0 Å². The van der Waals surface area contributed by atoms with Gasteiger partial charge in [-0.2, -0.15) is 0 Å². The van der Waals surface area contributed by atoms with Crippen LogP contribution in [0.15, 0.2) is 0 Å². The predicted octanol–water partition coefficient (Wildman–Crippen LogP) is 0.382. The molecule has 0 radical (unpaired) electrons. The zero-order chi connectivity index (χ0) is 14.4. The van der Waals surface area contributed by atoms with E-state index in [1.165, 1.54) is 7.11 Å². The van der Waals surface area contributed by atoms with Crippen molar-refractivity contribution in [3.05, 3.63) is 0 Å². The number of piperidine rings is 1. The number of carbonyl (C=O) groups is 2. The summed E-state index contributed by atoms with van der Waals surface area (Å²) in [4.78, 5) is 27.0. The second-order valence-electron chi connectivity index (χ2n) is 5.10. The maximum atomic E-state index is 12.1. The molecule has 0 atom stereocenters. The van der Waals surface area contributed by atoms with Crippen LogP contribution in [-0.2, 0) is 9.53 Å². The molecule has 0 bridgehead atoms. The highest BCUT2D eigenvalue weighted by Gasteiger charge is 2.25. The first-order valence-corrected chi connectivity index (χ1v) is 8.18. The molecule has 2 saturated heterocycles. The van der Waals surface area contributed by atoms with Gasteiger partial charge in [0.15, 0.2) is 0 Å². The van der Waals surface area contributed by atoms with Crippen molar-refractivity contribution in [2.75, 3.05) is 52.1 Å². The molecular formula is C13H23N3O3S. The van der Waals surface area contributed by atoms with Crippen molar-refractivity contribution < 1.29 is 14.3 Å². The van der Waals surface area contributed by atoms with E-state index in [4.69, 9.17) is 0 Å². The number of nitrogens with zero attached hydrogens (tertiary/aromatic N) is 2. The Bertz CT molecular complexity index is 340. The van der Waals surface area contributed by atoms with E-state index in [1.807, 2.05) is 4.90 Å². The summed E-state index contributed by atoms with van der Waals surface area (Å²) in [7, 11) is 1.38. The van der Waals surface area contributed by atoms with Crippen LogP contribution >= 0.6 is 11.8 Å². The van der Waals surface area contributed by atoms with Gasteiger partial charge in [-0.05, 0) is 25.9 Å². The molecular weight excluding hydrogens is 278 g/mol. The Hall–Kier alpha value is -0.950. The van der Waals surface area contributed by atoms with Crippen LogP contribution in [0.5, 0.6) is 0 Å². The van der Waals surface area contributed by atoms with Crippen LogP contribution in [0, 0.1) is 0 Å².